The summed E-state index contributed by atoms with van der Waals surface area (Å²) in [6.45, 7) is 6.15. The molecule has 0 spiro atoms. The molecule has 3 nitrogen and oxygen atoms in total. The zero-order chi connectivity index (χ0) is 11.5. The van der Waals surface area contributed by atoms with Crippen LogP contribution in [0.25, 0.3) is 0 Å². The van der Waals surface area contributed by atoms with E-state index in [0.717, 1.165) is 31.5 Å². The number of rotatable bonds is 3. The number of nitrogens with two attached hydrogens (primary N) is 1. The van der Waals surface area contributed by atoms with E-state index in [-0.39, 0.29) is 12.3 Å². The van der Waals surface area contributed by atoms with E-state index in [0.29, 0.717) is 5.92 Å². The quantitative estimate of drug-likeness (QED) is 0.803. The van der Waals surface area contributed by atoms with Gasteiger partial charge in [0.05, 0.1) is 13.2 Å². The summed E-state index contributed by atoms with van der Waals surface area (Å²) in [5.74, 6) is 2.31. The zero-order valence-corrected chi connectivity index (χ0v) is 10.5. The Morgan fingerprint density at radius 3 is 2.19 bits per heavy atom. The maximum atomic E-state index is 6.29. The predicted molar refractivity (Wildman–Crippen MR) is 64.0 cm³/mol. The third-order valence-corrected chi connectivity index (χ3v) is 3.98. The van der Waals surface area contributed by atoms with Gasteiger partial charge in [0.1, 0.15) is 0 Å². The van der Waals surface area contributed by atoms with Crippen molar-refractivity contribution < 1.29 is 9.47 Å². The minimum absolute atomic E-state index is 0.0393. The Morgan fingerprint density at radius 1 is 1.06 bits per heavy atom. The van der Waals surface area contributed by atoms with E-state index >= 15 is 0 Å². The van der Waals surface area contributed by atoms with Crippen molar-refractivity contribution in [3.05, 3.63) is 0 Å². The van der Waals surface area contributed by atoms with Crippen molar-refractivity contribution in [2.24, 2.45) is 23.5 Å². The van der Waals surface area contributed by atoms with Crippen LogP contribution in [0.1, 0.15) is 39.5 Å². The lowest BCUT2D eigenvalue weighted by atomic mass is 9.73. The van der Waals surface area contributed by atoms with Crippen LogP contribution in [-0.4, -0.2) is 25.5 Å². The molecule has 2 N–H and O–H groups in total. The summed E-state index contributed by atoms with van der Waals surface area (Å²) in [6, 6.07) is 0.244. The van der Waals surface area contributed by atoms with Crippen LogP contribution in [0.15, 0.2) is 0 Å². The Morgan fingerprint density at radius 2 is 1.62 bits per heavy atom. The van der Waals surface area contributed by atoms with E-state index in [1.54, 1.807) is 0 Å². The second kappa shape index (κ2) is 5.48. The topological polar surface area (TPSA) is 44.5 Å². The van der Waals surface area contributed by atoms with E-state index in [1.165, 1.54) is 19.3 Å². The second-order valence-corrected chi connectivity index (χ2v) is 5.75. The third kappa shape index (κ3) is 3.19. The van der Waals surface area contributed by atoms with Crippen LogP contribution in [0.3, 0.4) is 0 Å². The van der Waals surface area contributed by atoms with Crippen LogP contribution >= 0.6 is 0 Å². The summed E-state index contributed by atoms with van der Waals surface area (Å²) in [4.78, 5) is 0. The average Bonchev–Trinajstić information content (AvgIpc) is 2.68. The van der Waals surface area contributed by atoms with Gasteiger partial charge in [-0.3, -0.25) is 0 Å². The molecule has 0 amide bonds. The summed E-state index contributed by atoms with van der Waals surface area (Å²) in [5.41, 5.74) is 6.29. The molecule has 1 heterocycles. The maximum Gasteiger partial charge on any atom is 0.159 e. The number of hydrogen-bond donors (Lipinski definition) is 1. The van der Waals surface area contributed by atoms with Crippen LogP contribution < -0.4 is 5.73 Å². The SMILES string of the molecule is CC1CC(C)CC(C(N)CC2OCCO2)C1. The largest absolute Gasteiger partial charge is 0.350 e. The summed E-state index contributed by atoms with van der Waals surface area (Å²) >= 11 is 0. The molecule has 1 aliphatic heterocycles. The molecule has 2 aliphatic rings. The van der Waals surface area contributed by atoms with Gasteiger partial charge in [0.15, 0.2) is 6.29 Å². The highest BCUT2D eigenvalue weighted by Crippen LogP contribution is 2.35. The normalized spacial score (nSPS) is 38.8. The monoisotopic (exact) mass is 227 g/mol. The van der Waals surface area contributed by atoms with Gasteiger partial charge in [0.25, 0.3) is 0 Å². The van der Waals surface area contributed by atoms with Crippen molar-refractivity contribution in [2.75, 3.05) is 13.2 Å². The van der Waals surface area contributed by atoms with Crippen molar-refractivity contribution in [3.8, 4) is 0 Å². The first-order valence-electron chi connectivity index (χ1n) is 6.64. The van der Waals surface area contributed by atoms with Gasteiger partial charge in [-0.15, -0.1) is 0 Å². The molecule has 16 heavy (non-hydrogen) atoms. The van der Waals surface area contributed by atoms with Gasteiger partial charge in [-0.1, -0.05) is 13.8 Å². The van der Waals surface area contributed by atoms with Gasteiger partial charge >= 0.3 is 0 Å². The smallest absolute Gasteiger partial charge is 0.159 e. The van der Waals surface area contributed by atoms with E-state index in [4.69, 9.17) is 15.2 Å². The average molecular weight is 227 g/mol. The molecule has 0 radical (unpaired) electrons. The highest BCUT2D eigenvalue weighted by Gasteiger charge is 2.30. The number of hydrogen-bond acceptors (Lipinski definition) is 3. The minimum Gasteiger partial charge on any atom is -0.350 e. The first-order chi connectivity index (χ1) is 7.65. The summed E-state index contributed by atoms with van der Waals surface area (Å²) < 4.78 is 10.9. The fourth-order valence-corrected chi connectivity index (χ4v) is 3.32. The molecular weight excluding hydrogens is 202 g/mol. The van der Waals surface area contributed by atoms with Gasteiger partial charge in [-0.2, -0.15) is 0 Å². The van der Waals surface area contributed by atoms with Crippen LogP contribution in [-0.2, 0) is 9.47 Å². The van der Waals surface area contributed by atoms with Crippen LogP contribution in [0, 0.1) is 17.8 Å². The van der Waals surface area contributed by atoms with Gasteiger partial charge in [-0.25, -0.2) is 0 Å². The zero-order valence-electron chi connectivity index (χ0n) is 10.5. The van der Waals surface area contributed by atoms with Gasteiger partial charge in [-0.05, 0) is 37.0 Å². The van der Waals surface area contributed by atoms with Crippen molar-refractivity contribution in [2.45, 2.75) is 51.9 Å². The van der Waals surface area contributed by atoms with Crippen LogP contribution in [0.4, 0.5) is 0 Å². The van der Waals surface area contributed by atoms with Crippen molar-refractivity contribution in [3.63, 3.8) is 0 Å². The molecule has 94 valence electrons. The molecule has 0 aromatic carbocycles. The molecule has 3 unspecified atom stereocenters. The maximum absolute atomic E-state index is 6.29. The minimum atomic E-state index is -0.0393. The van der Waals surface area contributed by atoms with E-state index in [1.807, 2.05) is 0 Å². The summed E-state index contributed by atoms with van der Waals surface area (Å²) in [7, 11) is 0. The lowest BCUT2D eigenvalue weighted by Gasteiger charge is -2.35. The Labute approximate surface area is 98.7 Å². The molecule has 0 aromatic heterocycles. The Hall–Kier alpha value is -0.120. The highest BCUT2D eigenvalue weighted by atomic mass is 16.7. The molecule has 1 aliphatic carbocycles. The van der Waals surface area contributed by atoms with Gasteiger partial charge in [0, 0.05) is 12.5 Å². The second-order valence-electron chi connectivity index (χ2n) is 5.75. The lowest BCUT2D eigenvalue weighted by Crippen LogP contribution is -2.38. The summed E-state index contributed by atoms with van der Waals surface area (Å²) in [5, 5.41) is 0. The molecule has 1 saturated carbocycles. The molecule has 0 aromatic rings. The van der Waals surface area contributed by atoms with Gasteiger partial charge in [0.2, 0.25) is 0 Å². The predicted octanol–water partition coefficient (Wildman–Crippen LogP) is 2.15. The van der Waals surface area contributed by atoms with Crippen molar-refractivity contribution in [1.82, 2.24) is 0 Å². The fraction of sp³-hybridized carbons (Fsp3) is 1.00. The van der Waals surface area contributed by atoms with E-state index in [9.17, 15) is 0 Å². The summed E-state index contributed by atoms with van der Waals surface area (Å²) in [6.07, 6.45) is 4.74. The molecule has 1 saturated heterocycles. The molecule has 0 bridgehead atoms. The molecule has 2 fully saturated rings. The van der Waals surface area contributed by atoms with Crippen LogP contribution in [0.2, 0.25) is 0 Å². The lowest BCUT2D eigenvalue weighted by molar-refractivity contribution is -0.0559. The molecular formula is C13H25NO2. The molecule has 3 heteroatoms. The van der Waals surface area contributed by atoms with E-state index < -0.39 is 0 Å². The van der Waals surface area contributed by atoms with Crippen LogP contribution in [0.5, 0.6) is 0 Å². The third-order valence-electron chi connectivity index (χ3n) is 3.98. The fourth-order valence-electron chi connectivity index (χ4n) is 3.32. The molecule has 3 atom stereocenters. The first-order valence-corrected chi connectivity index (χ1v) is 6.64. The molecule has 2 rings (SSSR count). The number of ether oxygens (including phenoxy) is 2. The first kappa shape index (κ1) is 12.3. The highest BCUT2D eigenvalue weighted by molar-refractivity contribution is 4.82. The Balaban J connectivity index is 1.80. The van der Waals surface area contributed by atoms with Crippen molar-refractivity contribution >= 4 is 0 Å². The van der Waals surface area contributed by atoms with E-state index in [2.05, 4.69) is 13.8 Å². The standard InChI is InChI=1S/C13H25NO2/c1-9-5-10(2)7-11(6-9)12(14)8-13-15-3-4-16-13/h9-13H,3-8,14H2,1-2H3. The Kier molecular flexibility index (Phi) is 4.22. The Bertz CT molecular complexity index is 206. The van der Waals surface area contributed by atoms with Gasteiger partial charge < -0.3 is 15.2 Å². The van der Waals surface area contributed by atoms with Crippen molar-refractivity contribution in [1.29, 1.82) is 0 Å².